The van der Waals surface area contributed by atoms with Crippen molar-refractivity contribution in [3.8, 4) is 5.75 Å². The van der Waals surface area contributed by atoms with Crippen molar-refractivity contribution in [2.75, 3.05) is 31.6 Å². The highest BCUT2D eigenvalue weighted by Gasteiger charge is 2.14. The lowest BCUT2D eigenvalue weighted by molar-refractivity contribution is -0.123. The molecule has 0 aromatic heterocycles. The number of halogens is 1. The lowest BCUT2D eigenvalue weighted by atomic mass is 10.3. The van der Waals surface area contributed by atoms with Crippen molar-refractivity contribution in [1.82, 2.24) is 5.32 Å². The second kappa shape index (κ2) is 9.56. The third-order valence-electron chi connectivity index (χ3n) is 3.23. The van der Waals surface area contributed by atoms with Gasteiger partial charge in [0.15, 0.2) is 6.61 Å². The van der Waals surface area contributed by atoms with Crippen molar-refractivity contribution in [2.45, 2.75) is 4.90 Å². The van der Waals surface area contributed by atoms with Crippen LogP contribution in [-0.4, -0.2) is 41.2 Å². The first kappa shape index (κ1) is 20.2. The molecule has 0 aliphatic carbocycles. The van der Waals surface area contributed by atoms with E-state index in [0.717, 1.165) is 4.47 Å². The molecule has 140 valence electrons. The van der Waals surface area contributed by atoms with Gasteiger partial charge in [-0.3, -0.25) is 9.52 Å². The van der Waals surface area contributed by atoms with Crippen LogP contribution < -0.4 is 14.8 Å². The van der Waals surface area contributed by atoms with E-state index in [1.54, 1.807) is 31.4 Å². The lowest BCUT2D eigenvalue weighted by Gasteiger charge is -2.10. The van der Waals surface area contributed by atoms with Gasteiger partial charge in [0, 0.05) is 23.8 Å². The molecule has 0 saturated heterocycles. The van der Waals surface area contributed by atoms with Crippen molar-refractivity contribution in [2.24, 2.45) is 0 Å². The van der Waals surface area contributed by atoms with E-state index in [0.29, 0.717) is 24.6 Å². The third-order valence-corrected chi connectivity index (χ3v) is 5.15. The standard InChI is InChI=1S/C17H19BrN2O5S/c1-24-11-10-19-17(21)12-25-15-6-8-16(9-7-15)26(22,23)20-14-4-2-13(18)3-5-14/h2-9,20H,10-12H2,1H3,(H,19,21). The molecule has 0 aliphatic rings. The number of carbonyl (C=O) groups is 1. The van der Waals surface area contributed by atoms with E-state index in [4.69, 9.17) is 9.47 Å². The van der Waals surface area contributed by atoms with Gasteiger partial charge in [-0.2, -0.15) is 0 Å². The number of hydrogen-bond donors (Lipinski definition) is 2. The molecule has 0 unspecified atom stereocenters. The molecule has 0 aliphatic heterocycles. The van der Waals surface area contributed by atoms with Crippen LogP contribution in [-0.2, 0) is 19.6 Å². The smallest absolute Gasteiger partial charge is 0.261 e. The average molecular weight is 443 g/mol. The van der Waals surface area contributed by atoms with Crippen molar-refractivity contribution >= 4 is 37.5 Å². The molecule has 0 heterocycles. The number of amides is 1. The molecule has 2 N–H and O–H groups in total. The molecule has 2 aromatic carbocycles. The van der Waals surface area contributed by atoms with E-state index in [1.165, 1.54) is 24.3 Å². The van der Waals surface area contributed by atoms with E-state index in [-0.39, 0.29) is 17.4 Å². The highest BCUT2D eigenvalue weighted by atomic mass is 79.9. The Hall–Kier alpha value is -2.10. The summed E-state index contributed by atoms with van der Waals surface area (Å²) in [4.78, 5) is 11.6. The molecule has 7 nitrogen and oxygen atoms in total. The lowest BCUT2D eigenvalue weighted by Crippen LogP contribution is -2.31. The summed E-state index contributed by atoms with van der Waals surface area (Å²) in [6, 6.07) is 12.6. The van der Waals surface area contributed by atoms with Gasteiger partial charge >= 0.3 is 0 Å². The van der Waals surface area contributed by atoms with Crippen LogP contribution in [0.3, 0.4) is 0 Å². The van der Waals surface area contributed by atoms with Crippen molar-refractivity contribution in [1.29, 1.82) is 0 Å². The number of methoxy groups -OCH3 is 1. The molecule has 0 fully saturated rings. The van der Waals surface area contributed by atoms with Crippen molar-refractivity contribution in [3.63, 3.8) is 0 Å². The molecule has 1 amide bonds. The summed E-state index contributed by atoms with van der Waals surface area (Å²) in [5, 5.41) is 2.62. The van der Waals surface area contributed by atoms with Gasteiger partial charge in [0.25, 0.3) is 15.9 Å². The maximum Gasteiger partial charge on any atom is 0.261 e. The summed E-state index contributed by atoms with van der Waals surface area (Å²) in [5.74, 6) is 0.116. The Balaban J connectivity index is 1.93. The van der Waals surface area contributed by atoms with Crippen LogP contribution in [0.15, 0.2) is 57.9 Å². The number of rotatable bonds is 9. The largest absolute Gasteiger partial charge is 0.484 e. The fourth-order valence-electron chi connectivity index (χ4n) is 1.94. The molecule has 0 saturated carbocycles. The van der Waals surface area contributed by atoms with Gasteiger partial charge in [-0.15, -0.1) is 0 Å². The molecule has 0 atom stereocenters. The number of hydrogen-bond acceptors (Lipinski definition) is 5. The Morgan fingerprint density at radius 3 is 2.35 bits per heavy atom. The zero-order valence-corrected chi connectivity index (χ0v) is 16.5. The second-order valence-corrected chi connectivity index (χ2v) is 7.81. The number of ether oxygens (including phenoxy) is 2. The molecule has 2 aromatic rings. The van der Waals surface area contributed by atoms with E-state index in [2.05, 4.69) is 26.0 Å². The van der Waals surface area contributed by atoms with E-state index in [9.17, 15) is 13.2 Å². The van der Waals surface area contributed by atoms with Crippen molar-refractivity contribution < 1.29 is 22.7 Å². The fraction of sp³-hybridized carbons (Fsp3) is 0.235. The molecular weight excluding hydrogens is 424 g/mol. The SMILES string of the molecule is COCCNC(=O)COc1ccc(S(=O)(=O)Nc2ccc(Br)cc2)cc1. The Kier molecular flexibility index (Phi) is 7.43. The van der Waals surface area contributed by atoms with Crippen molar-refractivity contribution in [3.05, 3.63) is 53.0 Å². The van der Waals surface area contributed by atoms with Crippen LogP contribution in [0.4, 0.5) is 5.69 Å². The predicted octanol–water partition coefficient (Wildman–Crippen LogP) is 2.39. The normalized spacial score (nSPS) is 11.0. The number of anilines is 1. The zero-order chi connectivity index (χ0) is 19.0. The summed E-state index contributed by atoms with van der Waals surface area (Å²) in [6.45, 7) is 0.661. The molecular formula is C17H19BrN2O5S. The third kappa shape index (κ3) is 6.32. The topological polar surface area (TPSA) is 93.7 Å². The van der Waals surface area contributed by atoms with Crippen LogP contribution >= 0.6 is 15.9 Å². The second-order valence-electron chi connectivity index (χ2n) is 5.22. The van der Waals surface area contributed by atoms with Crippen LogP contribution in [0, 0.1) is 0 Å². The maximum absolute atomic E-state index is 12.4. The Labute approximate surface area is 160 Å². The maximum atomic E-state index is 12.4. The minimum atomic E-state index is -3.70. The first-order valence-corrected chi connectivity index (χ1v) is 9.95. The summed E-state index contributed by atoms with van der Waals surface area (Å²) in [5.41, 5.74) is 0.459. The van der Waals surface area contributed by atoms with E-state index < -0.39 is 10.0 Å². The van der Waals surface area contributed by atoms with Gasteiger partial charge in [-0.05, 0) is 48.5 Å². The van der Waals surface area contributed by atoms with E-state index in [1.807, 2.05) is 0 Å². The van der Waals surface area contributed by atoms with Gasteiger partial charge in [0.2, 0.25) is 0 Å². The number of nitrogens with one attached hydrogen (secondary N) is 2. The van der Waals surface area contributed by atoms with Crippen LogP contribution in [0.1, 0.15) is 0 Å². The summed E-state index contributed by atoms with van der Waals surface area (Å²) in [6.07, 6.45) is 0. The van der Waals surface area contributed by atoms with Gasteiger partial charge in [0.1, 0.15) is 5.75 Å². The summed E-state index contributed by atoms with van der Waals surface area (Å²) < 4.78 is 38.2. The van der Waals surface area contributed by atoms with Crippen LogP contribution in [0.5, 0.6) is 5.75 Å². The minimum absolute atomic E-state index is 0.0947. The highest BCUT2D eigenvalue weighted by molar-refractivity contribution is 9.10. The number of benzene rings is 2. The Bertz CT molecular complexity index is 823. The van der Waals surface area contributed by atoms with Gasteiger partial charge in [0.05, 0.1) is 11.5 Å². The summed E-state index contributed by atoms with van der Waals surface area (Å²) >= 11 is 3.29. The van der Waals surface area contributed by atoms with Crippen LogP contribution in [0.2, 0.25) is 0 Å². The molecule has 9 heteroatoms. The predicted molar refractivity (Wildman–Crippen MR) is 102 cm³/mol. The summed E-state index contributed by atoms with van der Waals surface area (Å²) in [7, 11) is -2.16. The first-order valence-electron chi connectivity index (χ1n) is 7.67. The monoisotopic (exact) mass is 442 g/mol. The fourth-order valence-corrected chi connectivity index (χ4v) is 3.26. The number of sulfonamides is 1. The zero-order valence-electron chi connectivity index (χ0n) is 14.1. The number of carbonyl (C=O) groups excluding carboxylic acids is 1. The Morgan fingerprint density at radius 1 is 1.08 bits per heavy atom. The molecule has 0 bridgehead atoms. The van der Waals surface area contributed by atoms with E-state index >= 15 is 0 Å². The highest BCUT2D eigenvalue weighted by Crippen LogP contribution is 2.20. The quantitative estimate of drug-likeness (QED) is 0.581. The Morgan fingerprint density at radius 2 is 1.73 bits per heavy atom. The molecule has 0 radical (unpaired) electrons. The molecule has 26 heavy (non-hydrogen) atoms. The molecule has 0 spiro atoms. The average Bonchev–Trinajstić information content (AvgIpc) is 2.62. The molecule has 2 rings (SSSR count). The van der Waals surface area contributed by atoms with Gasteiger partial charge < -0.3 is 14.8 Å². The van der Waals surface area contributed by atoms with Gasteiger partial charge in [-0.1, -0.05) is 15.9 Å². The van der Waals surface area contributed by atoms with Gasteiger partial charge in [-0.25, -0.2) is 8.42 Å². The van der Waals surface area contributed by atoms with Crippen LogP contribution in [0.25, 0.3) is 0 Å². The first-order chi connectivity index (χ1) is 12.4. The minimum Gasteiger partial charge on any atom is -0.484 e.